The van der Waals surface area contributed by atoms with Gasteiger partial charge in [-0.1, -0.05) is 42.5 Å². The third kappa shape index (κ3) is 5.72. The number of aromatic nitrogens is 2. The number of amides is 2. The molecule has 2 aromatic carbocycles. The van der Waals surface area contributed by atoms with Crippen LogP contribution in [0.1, 0.15) is 45.8 Å². The highest BCUT2D eigenvalue weighted by atomic mass is 19.4. The Hall–Kier alpha value is -3.62. The quantitative estimate of drug-likeness (QED) is 0.540. The monoisotopic (exact) mass is 484 g/mol. The zero-order valence-corrected chi connectivity index (χ0v) is 19.4. The molecule has 0 saturated carbocycles. The minimum absolute atomic E-state index is 0.176. The first-order valence-electron chi connectivity index (χ1n) is 11.6. The maximum Gasteiger partial charge on any atom is 0.416 e. The summed E-state index contributed by atoms with van der Waals surface area (Å²) < 4.78 is 40.2. The Morgan fingerprint density at radius 1 is 1.03 bits per heavy atom. The van der Waals surface area contributed by atoms with E-state index in [2.05, 4.69) is 10.3 Å². The van der Waals surface area contributed by atoms with Gasteiger partial charge in [0, 0.05) is 26.6 Å². The van der Waals surface area contributed by atoms with Crippen LogP contribution in [-0.2, 0) is 36.8 Å². The minimum atomic E-state index is -4.38. The molecular weight excluding hydrogens is 457 g/mol. The molecule has 0 saturated heterocycles. The fraction of sp³-hybridized carbons (Fsp3) is 0.346. The van der Waals surface area contributed by atoms with Crippen molar-refractivity contribution in [3.05, 3.63) is 82.8 Å². The van der Waals surface area contributed by atoms with Gasteiger partial charge in [-0.3, -0.25) is 14.5 Å². The van der Waals surface area contributed by atoms with Crippen molar-refractivity contribution < 1.29 is 22.8 Å². The number of alkyl halides is 3. The third-order valence-electron chi connectivity index (χ3n) is 6.15. The second kappa shape index (κ2) is 10.3. The van der Waals surface area contributed by atoms with Gasteiger partial charge in [0.1, 0.15) is 5.82 Å². The van der Waals surface area contributed by atoms with Crippen molar-refractivity contribution in [1.29, 1.82) is 0 Å². The van der Waals surface area contributed by atoms with E-state index in [1.807, 2.05) is 34.9 Å². The normalized spacial score (nSPS) is 13.3. The van der Waals surface area contributed by atoms with E-state index < -0.39 is 11.7 Å². The first kappa shape index (κ1) is 24.5. The average Bonchev–Trinajstić information content (AvgIpc) is 3.23. The fourth-order valence-electron chi connectivity index (χ4n) is 4.20. The Kier molecular flexibility index (Phi) is 7.23. The van der Waals surface area contributed by atoms with Gasteiger partial charge in [-0.05, 0) is 42.5 Å². The van der Waals surface area contributed by atoms with Crippen molar-refractivity contribution in [1.82, 2.24) is 14.9 Å². The lowest BCUT2D eigenvalue weighted by Crippen LogP contribution is -2.33. The molecule has 35 heavy (non-hydrogen) atoms. The molecule has 0 unspecified atom stereocenters. The van der Waals surface area contributed by atoms with Crippen LogP contribution in [0, 0.1) is 0 Å². The highest BCUT2D eigenvalue weighted by molar-refractivity contribution is 6.03. The number of anilines is 1. The lowest BCUT2D eigenvalue weighted by molar-refractivity contribution is -0.137. The molecule has 1 aliphatic rings. The lowest BCUT2D eigenvalue weighted by atomic mass is 10.1. The minimum Gasteiger partial charge on any atom is -0.350 e. The number of hydrogen-bond acceptors (Lipinski definition) is 3. The van der Waals surface area contributed by atoms with E-state index in [1.54, 1.807) is 7.05 Å². The van der Waals surface area contributed by atoms with Crippen LogP contribution in [0.2, 0.25) is 0 Å². The number of carbonyl (C=O) groups excluding carboxylic acids is 2. The first-order valence-corrected chi connectivity index (χ1v) is 11.6. The number of aryl methyl sites for hydroxylation is 1. The van der Waals surface area contributed by atoms with Crippen LogP contribution in [0.5, 0.6) is 0 Å². The van der Waals surface area contributed by atoms with Crippen LogP contribution in [0.25, 0.3) is 0 Å². The molecule has 2 amide bonds. The summed E-state index contributed by atoms with van der Waals surface area (Å²) in [5, 5.41) is 2.85. The fourth-order valence-corrected chi connectivity index (χ4v) is 4.20. The topological polar surface area (TPSA) is 67.2 Å². The van der Waals surface area contributed by atoms with E-state index in [-0.39, 0.29) is 24.8 Å². The molecule has 9 heteroatoms. The molecule has 1 aromatic heterocycles. The van der Waals surface area contributed by atoms with Crippen LogP contribution < -0.4 is 10.2 Å². The van der Waals surface area contributed by atoms with Crippen LogP contribution in [0.15, 0.2) is 54.6 Å². The Labute approximate surface area is 201 Å². The van der Waals surface area contributed by atoms with Crippen LogP contribution in [0.4, 0.5) is 19.0 Å². The van der Waals surface area contributed by atoms with Crippen molar-refractivity contribution >= 4 is 17.6 Å². The van der Waals surface area contributed by atoms with Crippen LogP contribution >= 0.6 is 0 Å². The zero-order valence-electron chi connectivity index (χ0n) is 19.4. The first-order chi connectivity index (χ1) is 16.7. The van der Waals surface area contributed by atoms with Gasteiger partial charge in [0.15, 0.2) is 11.5 Å². The third-order valence-corrected chi connectivity index (χ3v) is 6.15. The Morgan fingerprint density at radius 3 is 2.43 bits per heavy atom. The van der Waals surface area contributed by atoms with E-state index in [0.717, 1.165) is 42.8 Å². The Morgan fingerprint density at radius 2 is 1.74 bits per heavy atom. The molecule has 6 nitrogen and oxygen atoms in total. The SMILES string of the molecule is CN(C(=O)Cc1ccccc1)c1nc2n(c1C(=O)NCCc1ccc(C(F)(F)F)cc1)CCCC2. The molecule has 1 aliphatic heterocycles. The van der Waals surface area contributed by atoms with Crippen molar-refractivity contribution in [3.63, 3.8) is 0 Å². The number of benzene rings is 2. The van der Waals surface area contributed by atoms with E-state index in [1.165, 1.54) is 17.0 Å². The molecule has 184 valence electrons. The highest BCUT2D eigenvalue weighted by Crippen LogP contribution is 2.29. The molecule has 1 N–H and O–H groups in total. The molecular formula is C26H27F3N4O2. The van der Waals surface area contributed by atoms with Gasteiger partial charge in [-0.25, -0.2) is 4.98 Å². The van der Waals surface area contributed by atoms with Crippen LogP contribution in [-0.4, -0.2) is 35.0 Å². The largest absolute Gasteiger partial charge is 0.416 e. The summed E-state index contributed by atoms with van der Waals surface area (Å²) in [5.41, 5.74) is 1.19. The standard InChI is InChI=1S/C26H27F3N4O2/c1-32(22(34)17-19-7-3-2-4-8-19)24-23(33-16-6-5-9-21(33)31-24)25(35)30-15-14-18-10-12-20(13-11-18)26(27,28)29/h2-4,7-8,10-13H,5-6,9,14-17H2,1H3,(H,30,35). The van der Waals surface area contributed by atoms with Crippen molar-refractivity contribution in [2.75, 3.05) is 18.5 Å². The van der Waals surface area contributed by atoms with Gasteiger partial charge in [0.2, 0.25) is 5.91 Å². The van der Waals surface area contributed by atoms with Gasteiger partial charge in [-0.15, -0.1) is 0 Å². The second-order valence-electron chi connectivity index (χ2n) is 8.62. The maximum absolute atomic E-state index is 13.2. The summed E-state index contributed by atoms with van der Waals surface area (Å²) in [6, 6.07) is 14.3. The van der Waals surface area contributed by atoms with Gasteiger partial charge in [0.25, 0.3) is 5.91 Å². The molecule has 0 atom stereocenters. The molecule has 4 rings (SSSR count). The van der Waals surface area contributed by atoms with Crippen molar-refractivity contribution in [2.24, 2.45) is 0 Å². The van der Waals surface area contributed by atoms with E-state index in [9.17, 15) is 22.8 Å². The molecule has 0 spiro atoms. The van der Waals surface area contributed by atoms with Gasteiger partial charge >= 0.3 is 6.18 Å². The predicted molar refractivity (Wildman–Crippen MR) is 126 cm³/mol. The average molecular weight is 485 g/mol. The van der Waals surface area contributed by atoms with Gasteiger partial charge < -0.3 is 9.88 Å². The van der Waals surface area contributed by atoms with E-state index >= 15 is 0 Å². The maximum atomic E-state index is 13.2. The predicted octanol–water partition coefficient (Wildman–Crippen LogP) is 4.42. The molecule has 2 heterocycles. The van der Waals surface area contributed by atoms with Crippen molar-refractivity contribution in [3.8, 4) is 0 Å². The summed E-state index contributed by atoms with van der Waals surface area (Å²) in [4.78, 5) is 32.2. The Bertz CT molecular complexity index is 1190. The summed E-state index contributed by atoms with van der Waals surface area (Å²) in [7, 11) is 1.62. The smallest absolute Gasteiger partial charge is 0.350 e. The summed E-state index contributed by atoms with van der Waals surface area (Å²) in [6.07, 6.45) is -1.21. The number of halogens is 3. The van der Waals surface area contributed by atoms with Gasteiger partial charge in [0.05, 0.1) is 12.0 Å². The molecule has 0 aliphatic carbocycles. The number of nitrogens with one attached hydrogen (secondary N) is 1. The zero-order chi connectivity index (χ0) is 25.0. The lowest BCUT2D eigenvalue weighted by Gasteiger charge is -2.19. The molecule has 3 aromatic rings. The number of rotatable bonds is 7. The molecule has 0 radical (unpaired) electrons. The van der Waals surface area contributed by atoms with Crippen LogP contribution in [0.3, 0.4) is 0 Å². The highest BCUT2D eigenvalue weighted by Gasteiger charge is 2.30. The molecule has 0 bridgehead atoms. The number of hydrogen-bond donors (Lipinski definition) is 1. The second-order valence-corrected chi connectivity index (χ2v) is 8.62. The number of nitrogens with zero attached hydrogens (tertiary/aromatic N) is 3. The number of likely N-dealkylation sites (N-methyl/N-ethyl adjacent to an activating group) is 1. The van der Waals surface area contributed by atoms with E-state index in [0.29, 0.717) is 30.0 Å². The summed E-state index contributed by atoms with van der Waals surface area (Å²) in [6.45, 7) is 0.885. The van der Waals surface area contributed by atoms with E-state index in [4.69, 9.17) is 0 Å². The number of carbonyl (C=O) groups is 2. The van der Waals surface area contributed by atoms with Gasteiger partial charge in [-0.2, -0.15) is 13.2 Å². The number of imidazole rings is 1. The van der Waals surface area contributed by atoms with Crippen molar-refractivity contribution in [2.45, 2.75) is 44.8 Å². The number of fused-ring (bicyclic) bond motifs is 1. The molecule has 0 fully saturated rings. The summed E-state index contributed by atoms with van der Waals surface area (Å²) in [5.74, 6) is 0.575. The summed E-state index contributed by atoms with van der Waals surface area (Å²) >= 11 is 0. The Balaban J connectivity index is 1.47.